The highest BCUT2D eigenvalue weighted by Gasteiger charge is 2.18. The van der Waals surface area contributed by atoms with E-state index in [1.165, 1.54) is 19.1 Å². The summed E-state index contributed by atoms with van der Waals surface area (Å²) in [6, 6.07) is 14.2. The summed E-state index contributed by atoms with van der Waals surface area (Å²) in [6.07, 6.45) is 1.54. The Morgan fingerprint density at radius 3 is 2.69 bits per heavy atom. The molecule has 8 nitrogen and oxygen atoms in total. The number of carbonyl (C=O) groups excluding carboxylic acids is 3. The van der Waals surface area contributed by atoms with Crippen LogP contribution in [-0.2, 0) is 14.3 Å². The molecule has 0 saturated heterocycles. The van der Waals surface area contributed by atoms with Gasteiger partial charge in [0.15, 0.2) is 6.61 Å². The highest BCUT2D eigenvalue weighted by Crippen LogP contribution is 2.18. The van der Waals surface area contributed by atoms with Crippen molar-refractivity contribution in [3.8, 4) is 5.75 Å². The van der Waals surface area contributed by atoms with E-state index < -0.39 is 18.5 Å². The van der Waals surface area contributed by atoms with Crippen molar-refractivity contribution >= 4 is 34.4 Å². The Labute approximate surface area is 167 Å². The van der Waals surface area contributed by atoms with Crippen LogP contribution in [0.5, 0.6) is 5.75 Å². The van der Waals surface area contributed by atoms with E-state index in [1.807, 2.05) is 18.2 Å². The molecule has 0 aliphatic rings. The van der Waals surface area contributed by atoms with E-state index in [4.69, 9.17) is 9.47 Å². The van der Waals surface area contributed by atoms with Crippen LogP contribution in [0.4, 0.5) is 5.69 Å². The van der Waals surface area contributed by atoms with Gasteiger partial charge in [0.2, 0.25) is 5.91 Å². The molecule has 3 aromatic rings. The van der Waals surface area contributed by atoms with Gasteiger partial charge < -0.3 is 24.7 Å². The lowest BCUT2D eigenvalue weighted by Crippen LogP contribution is -2.37. The fraction of sp³-hybridized carbons (Fsp3) is 0.190. The Hall–Kier alpha value is -3.81. The summed E-state index contributed by atoms with van der Waals surface area (Å²) in [5.74, 6) is -0.863. The van der Waals surface area contributed by atoms with E-state index in [0.717, 1.165) is 10.9 Å². The van der Waals surface area contributed by atoms with Crippen molar-refractivity contribution in [1.29, 1.82) is 0 Å². The van der Waals surface area contributed by atoms with E-state index >= 15 is 0 Å². The Morgan fingerprint density at radius 2 is 1.90 bits per heavy atom. The summed E-state index contributed by atoms with van der Waals surface area (Å²) < 4.78 is 10.2. The SMILES string of the molecule is COc1cccc(NC(=O)CN(C)C(=O)COC(=O)c2c[nH]c3ccccc23)c1. The van der Waals surface area contributed by atoms with Gasteiger partial charge >= 0.3 is 5.97 Å². The van der Waals surface area contributed by atoms with E-state index in [2.05, 4.69) is 10.3 Å². The molecule has 0 aliphatic heterocycles. The van der Waals surface area contributed by atoms with Crippen molar-refractivity contribution in [2.24, 2.45) is 0 Å². The quantitative estimate of drug-likeness (QED) is 0.599. The molecule has 0 bridgehead atoms. The summed E-state index contributed by atoms with van der Waals surface area (Å²) in [6.45, 7) is -0.637. The number of ether oxygens (including phenoxy) is 2. The first-order valence-corrected chi connectivity index (χ1v) is 8.89. The molecule has 0 atom stereocenters. The maximum atomic E-state index is 12.3. The average Bonchev–Trinajstić information content (AvgIpc) is 3.16. The third kappa shape index (κ3) is 4.92. The Balaban J connectivity index is 1.51. The van der Waals surface area contributed by atoms with Gasteiger partial charge in [-0.15, -0.1) is 0 Å². The second-order valence-corrected chi connectivity index (χ2v) is 6.35. The van der Waals surface area contributed by atoms with Gasteiger partial charge in [0.1, 0.15) is 5.75 Å². The third-order valence-corrected chi connectivity index (χ3v) is 4.30. The van der Waals surface area contributed by atoms with E-state index in [0.29, 0.717) is 17.0 Å². The number of aromatic amines is 1. The number of esters is 1. The molecule has 0 fully saturated rings. The number of hydrogen-bond acceptors (Lipinski definition) is 5. The fourth-order valence-corrected chi connectivity index (χ4v) is 2.76. The number of aromatic nitrogens is 1. The number of anilines is 1. The van der Waals surface area contributed by atoms with Gasteiger partial charge in [-0.05, 0) is 18.2 Å². The molecule has 2 N–H and O–H groups in total. The molecule has 0 aliphatic carbocycles. The minimum atomic E-state index is -0.606. The van der Waals surface area contributed by atoms with Crippen molar-refractivity contribution in [2.45, 2.75) is 0 Å². The Morgan fingerprint density at radius 1 is 1.10 bits per heavy atom. The molecule has 2 aromatic carbocycles. The smallest absolute Gasteiger partial charge is 0.340 e. The monoisotopic (exact) mass is 395 g/mol. The zero-order valence-electron chi connectivity index (χ0n) is 16.1. The number of nitrogens with zero attached hydrogens (tertiary/aromatic N) is 1. The summed E-state index contributed by atoms with van der Waals surface area (Å²) in [4.78, 5) is 40.8. The number of hydrogen-bond donors (Lipinski definition) is 2. The lowest BCUT2D eigenvalue weighted by Gasteiger charge is -2.17. The number of likely N-dealkylation sites (N-methyl/N-ethyl adjacent to an activating group) is 1. The van der Waals surface area contributed by atoms with Crippen LogP contribution in [-0.4, -0.2) is 55.0 Å². The van der Waals surface area contributed by atoms with Gasteiger partial charge in [-0.3, -0.25) is 9.59 Å². The van der Waals surface area contributed by atoms with E-state index in [-0.39, 0.29) is 12.5 Å². The van der Waals surface area contributed by atoms with E-state index in [9.17, 15) is 14.4 Å². The van der Waals surface area contributed by atoms with Crippen LogP contribution in [0.3, 0.4) is 0 Å². The lowest BCUT2D eigenvalue weighted by molar-refractivity contribution is -0.136. The molecule has 8 heteroatoms. The van der Waals surface area contributed by atoms with Crippen LogP contribution >= 0.6 is 0 Å². The summed E-state index contributed by atoms with van der Waals surface area (Å²) in [7, 11) is 3.00. The topological polar surface area (TPSA) is 101 Å². The zero-order chi connectivity index (χ0) is 20.8. The van der Waals surface area contributed by atoms with Crippen LogP contribution in [0.15, 0.2) is 54.7 Å². The summed E-state index contributed by atoms with van der Waals surface area (Å²) in [5.41, 5.74) is 1.71. The molecular weight excluding hydrogens is 374 g/mol. The number of H-pyrrole nitrogens is 1. The Kier molecular flexibility index (Phi) is 6.13. The lowest BCUT2D eigenvalue weighted by atomic mass is 10.2. The van der Waals surface area contributed by atoms with Crippen LogP contribution in [0.1, 0.15) is 10.4 Å². The van der Waals surface area contributed by atoms with E-state index in [1.54, 1.807) is 36.5 Å². The standard InChI is InChI=1S/C21H21N3O5/c1-24(12-19(25)23-14-6-5-7-15(10-14)28-2)20(26)13-29-21(27)17-11-22-18-9-4-3-8-16(17)18/h3-11,22H,12-13H2,1-2H3,(H,23,25). The van der Waals surface area contributed by atoms with Crippen LogP contribution in [0, 0.1) is 0 Å². The minimum absolute atomic E-state index is 0.180. The van der Waals surface area contributed by atoms with Crippen LogP contribution in [0.25, 0.3) is 10.9 Å². The van der Waals surface area contributed by atoms with Crippen molar-refractivity contribution in [3.05, 3.63) is 60.3 Å². The molecule has 0 spiro atoms. The number of carbonyl (C=O) groups is 3. The number of para-hydroxylation sites is 1. The average molecular weight is 395 g/mol. The van der Waals surface area contributed by atoms with Gasteiger partial charge in [0, 0.05) is 35.9 Å². The maximum absolute atomic E-state index is 12.3. The number of benzene rings is 2. The summed E-state index contributed by atoms with van der Waals surface area (Å²) in [5, 5.41) is 3.40. The molecule has 29 heavy (non-hydrogen) atoms. The van der Waals surface area contributed by atoms with Gasteiger partial charge in [0.05, 0.1) is 19.2 Å². The van der Waals surface area contributed by atoms with Crippen molar-refractivity contribution < 1.29 is 23.9 Å². The molecule has 0 saturated carbocycles. The predicted octanol–water partition coefficient (Wildman–Crippen LogP) is 2.43. The third-order valence-electron chi connectivity index (χ3n) is 4.30. The number of amides is 2. The molecule has 3 rings (SSSR count). The first kappa shape index (κ1) is 19.9. The Bertz CT molecular complexity index is 1040. The highest BCUT2D eigenvalue weighted by atomic mass is 16.5. The molecule has 0 unspecified atom stereocenters. The molecule has 2 amide bonds. The van der Waals surface area contributed by atoms with Gasteiger partial charge in [-0.1, -0.05) is 24.3 Å². The summed E-state index contributed by atoms with van der Waals surface area (Å²) >= 11 is 0. The van der Waals surface area contributed by atoms with Crippen LogP contribution < -0.4 is 10.1 Å². The van der Waals surface area contributed by atoms with Crippen molar-refractivity contribution in [2.75, 3.05) is 32.6 Å². The predicted molar refractivity (Wildman–Crippen MR) is 108 cm³/mol. The van der Waals surface area contributed by atoms with Gasteiger partial charge in [-0.25, -0.2) is 4.79 Å². The first-order chi connectivity index (χ1) is 14.0. The molecule has 0 radical (unpaired) electrons. The second kappa shape index (κ2) is 8.92. The molecular formula is C21H21N3O5. The molecule has 1 heterocycles. The zero-order valence-corrected chi connectivity index (χ0v) is 16.1. The molecule has 1 aromatic heterocycles. The van der Waals surface area contributed by atoms with Crippen molar-refractivity contribution in [3.63, 3.8) is 0 Å². The minimum Gasteiger partial charge on any atom is -0.497 e. The molecule has 150 valence electrons. The normalized spacial score (nSPS) is 10.4. The fourth-order valence-electron chi connectivity index (χ4n) is 2.76. The number of nitrogens with one attached hydrogen (secondary N) is 2. The first-order valence-electron chi connectivity index (χ1n) is 8.89. The highest BCUT2D eigenvalue weighted by molar-refractivity contribution is 6.04. The largest absolute Gasteiger partial charge is 0.497 e. The number of fused-ring (bicyclic) bond motifs is 1. The number of rotatable bonds is 7. The van der Waals surface area contributed by atoms with Crippen LogP contribution in [0.2, 0.25) is 0 Å². The van der Waals surface area contributed by atoms with Crippen molar-refractivity contribution in [1.82, 2.24) is 9.88 Å². The van der Waals surface area contributed by atoms with Gasteiger partial charge in [0.25, 0.3) is 5.91 Å². The maximum Gasteiger partial charge on any atom is 0.340 e. The second-order valence-electron chi connectivity index (χ2n) is 6.35. The number of methoxy groups -OCH3 is 1. The van der Waals surface area contributed by atoms with Gasteiger partial charge in [-0.2, -0.15) is 0 Å².